The lowest BCUT2D eigenvalue weighted by atomic mass is 9.64. The van der Waals surface area contributed by atoms with Crippen LogP contribution in [0.25, 0.3) is 0 Å². The summed E-state index contributed by atoms with van der Waals surface area (Å²) in [5, 5.41) is 22.8. The van der Waals surface area contributed by atoms with E-state index in [0.29, 0.717) is 49.0 Å². The fourth-order valence-electron chi connectivity index (χ4n) is 4.86. The van der Waals surface area contributed by atoms with Crippen molar-refractivity contribution in [3.05, 3.63) is 58.1 Å². The van der Waals surface area contributed by atoms with Crippen LogP contribution in [0.3, 0.4) is 0 Å². The first kappa shape index (κ1) is 28.9. The summed E-state index contributed by atoms with van der Waals surface area (Å²) in [5.74, 6) is 0.0445. The Hall–Kier alpha value is -2.36. The highest BCUT2D eigenvalue weighted by molar-refractivity contribution is 6.24. The van der Waals surface area contributed by atoms with Crippen molar-refractivity contribution in [2.45, 2.75) is 99.8 Å². The highest BCUT2D eigenvalue weighted by atomic mass is 16.3. The number of aliphatic hydroxyl groups is 2. The van der Waals surface area contributed by atoms with E-state index in [0.717, 1.165) is 30.4 Å². The normalized spacial score (nSPS) is 16.2. The third kappa shape index (κ3) is 7.08. The van der Waals surface area contributed by atoms with E-state index >= 15 is 0 Å². The average Bonchev–Trinajstić information content (AvgIpc) is 2.77. The maximum atomic E-state index is 14.1. The molecule has 35 heavy (non-hydrogen) atoms. The molecule has 1 aromatic carbocycles. The zero-order chi connectivity index (χ0) is 26.3. The molecule has 0 amide bonds. The number of allylic oxidation sites excluding steroid dienone is 3. The lowest BCUT2D eigenvalue weighted by Crippen LogP contribution is -2.41. The minimum absolute atomic E-state index is 0.00240. The second-order valence-electron chi connectivity index (χ2n) is 11.6. The van der Waals surface area contributed by atoms with Gasteiger partial charge in [0.15, 0.2) is 11.6 Å². The molecule has 4 nitrogen and oxygen atoms in total. The van der Waals surface area contributed by atoms with E-state index < -0.39 is 11.2 Å². The largest absolute Gasteiger partial charge is 0.511 e. The van der Waals surface area contributed by atoms with Gasteiger partial charge in [0.05, 0.1) is 5.41 Å². The summed E-state index contributed by atoms with van der Waals surface area (Å²) in [7, 11) is 0. The van der Waals surface area contributed by atoms with Gasteiger partial charge in [-0.15, -0.1) is 0 Å². The molecule has 0 heterocycles. The zero-order valence-corrected chi connectivity index (χ0v) is 22.9. The first-order valence-electron chi connectivity index (χ1n) is 13.4. The fraction of sp³-hybridized carbons (Fsp3) is 0.613. The van der Waals surface area contributed by atoms with E-state index in [4.69, 9.17) is 0 Å². The second kappa shape index (κ2) is 12.6. The Bertz CT molecular complexity index is 950. The fourth-order valence-corrected chi connectivity index (χ4v) is 4.86. The number of aryl methyl sites for hydroxylation is 2. The number of aliphatic hydroxyl groups excluding tert-OH is 2. The van der Waals surface area contributed by atoms with Crippen LogP contribution in [0.1, 0.15) is 97.6 Å². The standard InChI is InChI=1S/C31H46O4/c1-20(2)12-14-25-28(33)27(26(32)15-13-24-11-9-8-10-23(24)7)30(35)31(29(25)34,18-16-21(3)4)19-17-22(5)6/h8-11,20-22,33-34H,12-19H2,1-7H3. The van der Waals surface area contributed by atoms with Crippen molar-refractivity contribution < 1.29 is 19.8 Å². The van der Waals surface area contributed by atoms with Gasteiger partial charge in [-0.2, -0.15) is 0 Å². The monoisotopic (exact) mass is 482 g/mol. The summed E-state index contributed by atoms with van der Waals surface area (Å²) in [5.41, 5.74) is 1.33. The van der Waals surface area contributed by atoms with Gasteiger partial charge in [-0.05, 0) is 80.8 Å². The lowest BCUT2D eigenvalue weighted by molar-refractivity contribution is -0.129. The molecule has 0 unspecified atom stereocenters. The van der Waals surface area contributed by atoms with E-state index in [1.165, 1.54) is 0 Å². The van der Waals surface area contributed by atoms with Crippen LogP contribution in [0.5, 0.6) is 0 Å². The minimum Gasteiger partial charge on any atom is -0.511 e. The summed E-state index contributed by atoms with van der Waals surface area (Å²) in [6.45, 7) is 14.6. The Kier molecular flexibility index (Phi) is 10.4. The molecule has 2 N–H and O–H groups in total. The van der Waals surface area contributed by atoms with Crippen molar-refractivity contribution in [3.63, 3.8) is 0 Å². The third-order valence-corrected chi connectivity index (χ3v) is 7.35. The SMILES string of the molecule is Cc1ccccc1CCC(=O)C1=C(O)C(CCC(C)C)=C(O)C(CCC(C)C)(CCC(C)C)C1=O. The molecular weight excluding hydrogens is 436 g/mol. The second-order valence-corrected chi connectivity index (χ2v) is 11.6. The molecule has 2 rings (SSSR count). The van der Waals surface area contributed by atoms with Crippen molar-refractivity contribution in [3.8, 4) is 0 Å². The van der Waals surface area contributed by atoms with Crippen LogP contribution < -0.4 is 0 Å². The van der Waals surface area contributed by atoms with Gasteiger partial charge in [0.25, 0.3) is 0 Å². The summed E-state index contributed by atoms with van der Waals surface area (Å²) in [6.07, 6.45) is 4.35. The predicted octanol–water partition coefficient (Wildman–Crippen LogP) is 8.00. The molecule has 1 aliphatic rings. The summed E-state index contributed by atoms with van der Waals surface area (Å²) in [4.78, 5) is 27.6. The molecular formula is C31H46O4. The smallest absolute Gasteiger partial charge is 0.183 e. The molecule has 194 valence electrons. The van der Waals surface area contributed by atoms with Crippen molar-refractivity contribution in [1.29, 1.82) is 0 Å². The number of carbonyl (C=O) groups is 2. The number of hydrogen-bond acceptors (Lipinski definition) is 4. The molecule has 0 saturated carbocycles. The molecule has 1 aliphatic carbocycles. The lowest BCUT2D eigenvalue weighted by Gasteiger charge is -2.38. The molecule has 4 heteroatoms. The maximum Gasteiger partial charge on any atom is 0.183 e. The van der Waals surface area contributed by atoms with Crippen LogP contribution in [-0.2, 0) is 16.0 Å². The molecule has 0 spiro atoms. The number of Topliss-reactive ketones (excluding diaryl/α,β-unsaturated/α-hetero) is 2. The van der Waals surface area contributed by atoms with Gasteiger partial charge in [-0.25, -0.2) is 0 Å². The van der Waals surface area contributed by atoms with Gasteiger partial charge in [-0.1, -0.05) is 65.8 Å². The van der Waals surface area contributed by atoms with Crippen LogP contribution in [0.2, 0.25) is 0 Å². The van der Waals surface area contributed by atoms with Gasteiger partial charge < -0.3 is 10.2 Å². The zero-order valence-electron chi connectivity index (χ0n) is 22.9. The molecule has 1 aromatic rings. The van der Waals surface area contributed by atoms with Crippen LogP contribution in [0, 0.1) is 30.1 Å². The summed E-state index contributed by atoms with van der Waals surface area (Å²) in [6, 6.07) is 7.92. The van der Waals surface area contributed by atoms with Crippen LogP contribution in [-0.4, -0.2) is 21.8 Å². The predicted molar refractivity (Wildman–Crippen MR) is 143 cm³/mol. The summed E-state index contributed by atoms with van der Waals surface area (Å²) >= 11 is 0. The number of hydrogen-bond donors (Lipinski definition) is 2. The molecule has 0 fully saturated rings. The Balaban J connectivity index is 2.54. The highest BCUT2D eigenvalue weighted by Gasteiger charge is 2.50. The highest BCUT2D eigenvalue weighted by Crippen LogP contribution is 2.48. The maximum absolute atomic E-state index is 14.1. The third-order valence-electron chi connectivity index (χ3n) is 7.35. The van der Waals surface area contributed by atoms with Crippen molar-refractivity contribution in [1.82, 2.24) is 0 Å². The van der Waals surface area contributed by atoms with Crippen LogP contribution in [0.4, 0.5) is 0 Å². The van der Waals surface area contributed by atoms with E-state index in [-0.39, 0.29) is 29.3 Å². The Morgan fingerprint density at radius 3 is 1.91 bits per heavy atom. The van der Waals surface area contributed by atoms with Crippen molar-refractivity contribution in [2.75, 3.05) is 0 Å². The van der Waals surface area contributed by atoms with Gasteiger partial charge in [0, 0.05) is 12.0 Å². The first-order chi connectivity index (χ1) is 16.4. The Morgan fingerprint density at radius 2 is 1.40 bits per heavy atom. The minimum atomic E-state index is -1.14. The summed E-state index contributed by atoms with van der Waals surface area (Å²) < 4.78 is 0. The number of ketones is 2. The van der Waals surface area contributed by atoms with E-state index in [1.54, 1.807) is 0 Å². The molecule has 0 atom stereocenters. The van der Waals surface area contributed by atoms with Crippen LogP contribution >= 0.6 is 0 Å². The van der Waals surface area contributed by atoms with Crippen molar-refractivity contribution >= 4 is 11.6 Å². The van der Waals surface area contributed by atoms with E-state index in [1.807, 2.05) is 31.2 Å². The van der Waals surface area contributed by atoms with Crippen molar-refractivity contribution in [2.24, 2.45) is 23.2 Å². The van der Waals surface area contributed by atoms with Gasteiger partial charge in [-0.3, -0.25) is 9.59 Å². The number of rotatable bonds is 13. The topological polar surface area (TPSA) is 74.6 Å². The average molecular weight is 483 g/mol. The van der Waals surface area contributed by atoms with Crippen LogP contribution in [0.15, 0.2) is 46.9 Å². The quantitative estimate of drug-likeness (QED) is 0.279. The molecule has 0 aromatic heterocycles. The van der Waals surface area contributed by atoms with Gasteiger partial charge in [0.2, 0.25) is 0 Å². The first-order valence-corrected chi connectivity index (χ1v) is 13.4. The van der Waals surface area contributed by atoms with Gasteiger partial charge >= 0.3 is 0 Å². The number of benzene rings is 1. The molecule has 0 bridgehead atoms. The Labute approximate surface area is 212 Å². The van der Waals surface area contributed by atoms with E-state index in [2.05, 4.69) is 41.5 Å². The Morgan fingerprint density at radius 1 is 0.857 bits per heavy atom. The molecule has 0 saturated heterocycles. The molecule has 0 aliphatic heterocycles. The van der Waals surface area contributed by atoms with Gasteiger partial charge in [0.1, 0.15) is 17.1 Å². The van der Waals surface area contributed by atoms with E-state index in [9.17, 15) is 19.8 Å². The number of carbonyl (C=O) groups excluding carboxylic acids is 2. The molecule has 0 radical (unpaired) electrons.